The zero-order valence-electron chi connectivity index (χ0n) is 10.9. The molecule has 0 aromatic heterocycles. The summed E-state index contributed by atoms with van der Waals surface area (Å²) >= 11 is 9.16. The third-order valence-electron chi connectivity index (χ3n) is 2.71. The number of benzene rings is 2. The van der Waals surface area contributed by atoms with E-state index < -0.39 is 5.82 Å². The van der Waals surface area contributed by atoms with Crippen LogP contribution in [-0.2, 0) is 6.54 Å². The molecule has 2 nitrogen and oxygen atoms in total. The monoisotopic (exact) mass is 357 g/mol. The van der Waals surface area contributed by atoms with E-state index in [0.717, 1.165) is 23.1 Å². The number of hydrogen-bond acceptors (Lipinski definition) is 2. The van der Waals surface area contributed by atoms with Crippen LogP contribution in [0.1, 0.15) is 12.5 Å². The fraction of sp³-hybridized carbons (Fsp3) is 0.200. The molecule has 0 aliphatic carbocycles. The number of hydrogen-bond donors (Lipinski definition) is 1. The number of nitrogens with one attached hydrogen (secondary N) is 1. The zero-order chi connectivity index (χ0) is 14.5. The van der Waals surface area contributed by atoms with E-state index in [0.29, 0.717) is 5.75 Å². The number of rotatable bonds is 5. The van der Waals surface area contributed by atoms with Gasteiger partial charge in [-0.15, -0.1) is 0 Å². The van der Waals surface area contributed by atoms with Crippen molar-refractivity contribution in [3.8, 4) is 11.5 Å². The van der Waals surface area contributed by atoms with Crippen LogP contribution >= 0.6 is 27.5 Å². The zero-order valence-corrected chi connectivity index (χ0v) is 13.3. The quantitative estimate of drug-likeness (QED) is 0.798. The van der Waals surface area contributed by atoms with E-state index in [1.807, 2.05) is 12.1 Å². The molecule has 0 atom stereocenters. The van der Waals surface area contributed by atoms with Crippen molar-refractivity contribution in [3.63, 3.8) is 0 Å². The minimum Gasteiger partial charge on any atom is -0.453 e. The highest BCUT2D eigenvalue weighted by atomic mass is 79.9. The van der Waals surface area contributed by atoms with Crippen LogP contribution in [0.4, 0.5) is 4.39 Å². The van der Waals surface area contributed by atoms with Gasteiger partial charge in [0.25, 0.3) is 0 Å². The van der Waals surface area contributed by atoms with Crippen molar-refractivity contribution < 1.29 is 9.13 Å². The third-order valence-corrected chi connectivity index (χ3v) is 3.62. The van der Waals surface area contributed by atoms with E-state index in [1.165, 1.54) is 6.07 Å². The maximum absolute atomic E-state index is 13.8. The highest BCUT2D eigenvalue weighted by Gasteiger charge is 2.10. The fourth-order valence-corrected chi connectivity index (χ4v) is 2.36. The topological polar surface area (TPSA) is 21.3 Å². The maximum atomic E-state index is 13.8. The molecule has 0 aliphatic heterocycles. The molecule has 1 N–H and O–H groups in total. The molecular weight excluding hydrogens is 345 g/mol. The second-order valence-corrected chi connectivity index (χ2v) is 5.46. The van der Waals surface area contributed by atoms with Gasteiger partial charge in [0.15, 0.2) is 11.6 Å². The average molecular weight is 359 g/mol. The van der Waals surface area contributed by atoms with E-state index in [-0.39, 0.29) is 10.8 Å². The molecule has 0 unspecified atom stereocenters. The Morgan fingerprint density at radius 1 is 1.25 bits per heavy atom. The van der Waals surface area contributed by atoms with Crippen LogP contribution in [0.15, 0.2) is 40.9 Å². The first-order valence-corrected chi connectivity index (χ1v) is 7.40. The Morgan fingerprint density at radius 3 is 2.75 bits per heavy atom. The van der Waals surface area contributed by atoms with Crippen molar-refractivity contribution in [2.75, 3.05) is 6.54 Å². The van der Waals surface area contributed by atoms with Crippen molar-refractivity contribution in [2.45, 2.75) is 13.5 Å². The van der Waals surface area contributed by atoms with Gasteiger partial charge in [-0.05, 0) is 52.3 Å². The standard InChI is InChI=1S/C15H14BrClFNO/c1-2-19-9-10-6-7-13(11(16)8-10)20-14-5-3-4-12(17)15(14)18/h3-8,19H,2,9H2,1H3. The molecule has 2 rings (SSSR count). The smallest absolute Gasteiger partial charge is 0.184 e. The highest BCUT2D eigenvalue weighted by Crippen LogP contribution is 2.33. The molecule has 0 saturated heterocycles. The van der Waals surface area contributed by atoms with Crippen molar-refractivity contribution in [2.24, 2.45) is 0 Å². The van der Waals surface area contributed by atoms with Crippen molar-refractivity contribution in [3.05, 3.63) is 57.3 Å². The second-order valence-electron chi connectivity index (χ2n) is 4.20. The molecule has 0 bridgehead atoms. The predicted octanol–water partition coefficient (Wildman–Crippen LogP) is 5.14. The Kier molecular flexibility index (Phi) is 5.40. The summed E-state index contributed by atoms with van der Waals surface area (Å²) in [6.45, 7) is 3.74. The van der Waals surface area contributed by atoms with Crippen molar-refractivity contribution in [1.82, 2.24) is 5.32 Å². The Balaban J connectivity index is 2.19. The average Bonchev–Trinajstić information content (AvgIpc) is 2.44. The molecule has 0 fully saturated rings. The van der Waals surface area contributed by atoms with Gasteiger partial charge in [0.2, 0.25) is 0 Å². The molecule has 106 valence electrons. The Labute approximate surface area is 131 Å². The summed E-state index contributed by atoms with van der Waals surface area (Å²) in [7, 11) is 0. The first kappa shape index (κ1) is 15.3. The Bertz CT molecular complexity index is 606. The fourth-order valence-electron chi connectivity index (χ4n) is 1.69. The summed E-state index contributed by atoms with van der Waals surface area (Å²) in [6.07, 6.45) is 0. The van der Waals surface area contributed by atoms with Gasteiger partial charge in [0.05, 0.1) is 9.50 Å². The summed E-state index contributed by atoms with van der Waals surface area (Å²) in [5.41, 5.74) is 1.12. The van der Waals surface area contributed by atoms with Gasteiger partial charge in [-0.3, -0.25) is 0 Å². The van der Waals surface area contributed by atoms with E-state index in [1.54, 1.807) is 18.2 Å². The molecule has 0 radical (unpaired) electrons. The van der Waals surface area contributed by atoms with E-state index in [9.17, 15) is 4.39 Å². The van der Waals surface area contributed by atoms with Crippen LogP contribution in [-0.4, -0.2) is 6.54 Å². The van der Waals surface area contributed by atoms with Crippen LogP contribution in [0.5, 0.6) is 11.5 Å². The lowest BCUT2D eigenvalue weighted by Gasteiger charge is -2.11. The minimum atomic E-state index is -0.558. The van der Waals surface area contributed by atoms with Crippen LogP contribution in [0.25, 0.3) is 0 Å². The first-order chi connectivity index (χ1) is 9.61. The van der Waals surface area contributed by atoms with E-state index in [2.05, 4.69) is 28.2 Å². The van der Waals surface area contributed by atoms with E-state index >= 15 is 0 Å². The number of halogens is 3. The summed E-state index contributed by atoms with van der Waals surface area (Å²) in [5, 5.41) is 3.28. The molecule has 2 aromatic carbocycles. The minimum absolute atomic E-state index is 0.0439. The Hall–Kier alpha value is -1.10. The molecule has 0 saturated carbocycles. The molecule has 0 aliphatic rings. The van der Waals surface area contributed by atoms with Gasteiger partial charge >= 0.3 is 0 Å². The van der Waals surface area contributed by atoms with Crippen molar-refractivity contribution in [1.29, 1.82) is 0 Å². The maximum Gasteiger partial charge on any atom is 0.184 e. The summed E-state index contributed by atoms with van der Waals surface area (Å²) in [6, 6.07) is 10.4. The molecule has 0 heterocycles. The molecule has 5 heteroatoms. The largest absolute Gasteiger partial charge is 0.453 e. The normalized spacial score (nSPS) is 10.6. The lowest BCUT2D eigenvalue weighted by molar-refractivity contribution is 0.440. The van der Waals surface area contributed by atoms with Gasteiger partial charge in [0, 0.05) is 6.54 Å². The van der Waals surface area contributed by atoms with Crippen LogP contribution < -0.4 is 10.1 Å². The summed E-state index contributed by atoms with van der Waals surface area (Å²) in [5.74, 6) is 0.0989. The molecule has 20 heavy (non-hydrogen) atoms. The van der Waals surface area contributed by atoms with Crippen molar-refractivity contribution >= 4 is 27.5 Å². The first-order valence-electron chi connectivity index (χ1n) is 6.23. The van der Waals surface area contributed by atoms with E-state index in [4.69, 9.17) is 16.3 Å². The van der Waals surface area contributed by atoms with Gasteiger partial charge in [0.1, 0.15) is 5.75 Å². The van der Waals surface area contributed by atoms with Crippen LogP contribution in [0, 0.1) is 5.82 Å². The highest BCUT2D eigenvalue weighted by molar-refractivity contribution is 9.10. The summed E-state index contributed by atoms with van der Waals surface area (Å²) < 4.78 is 20.1. The van der Waals surface area contributed by atoms with Crippen LogP contribution in [0.3, 0.4) is 0 Å². The Morgan fingerprint density at radius 2 is 2.05 bits per heavy atom. The molecular formula is C15H14BrClFNO. The molecule has 0 spiro atoms. The van der Waals surface area contributed by atoms with Gasteiger partial charge in [-0.1, -0.05) is 30.7 Å². The predicted molar refractivity (Wildman–Crippen MR) is 83.0 cm³/mol. The third kappa shape index (κ3) is 3.72. The second kappa shape index (κ2) is 7.07. The lowest BCUT2D eigenvalue weighted by Crippen LogP contribution is -2.11. The van der Waals surface area contributed by atoms with Gasteiger partial charge < -0.3 is 10.1 Å². The molecule has 0 amide bonds. The number of ether oxygens (including phenoxy) is 1. The van der Waals surface area contributed by atoms with Gasteiger partial charge in [-0.25, -0.2) is 4.39 Å². The lowest BCUT2D eigenvalue weighted by atomic mass is 10.2. The van der Waals surface area contributed by atoms with Gasteiger partial charge in [-0.2, -0.15) is 0 Å². The van der Waals surface area contributed by atoms with Crippen LogP contribution in [0.2, 0.25) is 5.02 Å². The summed E-state index contributed by atoms with van der Waals surface area (Å²) in [4.78, 5) is 0. The molecule has 2 aromatic rings. The SMILES string of the molecule is CCNCc1ccc(Oc2cccc(Cl)c2F)c(Br)c1.